The molecule has 3 aromatic heterocycles. The van der Waals surface area contributed by atoms with E-state index in [-0.39, 0.29) is 17.4 Å². The molecule has 1 saturated carbocycles. The molecule has 0 atom stereocenters. The molecule has 0 radical (unpaired) electrons. The van der Waals surface area contributed by atoms with Crippen molar-refractivity contribution in [3.63, 3.8) is 0 Å². The predicted octanol–water partition coefficient (Wildman–Crippen LogP) is 3.28. The largest absolute Gasteiger partial charge is 0.344 e. The van der Waals surface area contributed by atoms with Crippen molar-refractivity contribution in [1.29, 1.82) is 0 Å². The lowest BCUT2D eigenvalue weighted by atomic mass is 9.89. The van der Waals surface area contributed by atoms with Gasteiger partial charge in [-0.3, -0.25) is 19.0 Å². The highest BCUT2D eigenvalue weighted by atomic mass is 32.1. The maximum absolute atomic E-state index is 13.7. The van der Waals surface area contributed by atoms with Crippen molar-refractivity contribution in [1.82, 2.24) is 24.8 Å². The molecule has 3 aromatic rings. The minimum atomic E-state index is -0.658. The Morgan fingerprint density at radius 1 is 1.18 bits per heavy atom. The van der Waals surface area contributed by atoms with Crippen molar-refractivity contribution in [2.75, 3.05) is 19.4 Å². The highest BCUT2D eigenvalue weighted by Crippen LogP contribution is 2.38. The monoisotopic (exact) mass is 466 g/mol. The highest BCUT2D eigenvalue weighted by Gasteiger charge is 2.45. The summed E-state index contributed by atoms with van der Waals surface area (Å²) >= 11 is 1.31. The fourth-order valence-electron chi connectivity index (χ4n) is 5.04. The lowest BCUT2D eigenvalue weighted by Gasteiger charge is -2.35. The fourth-order valence-corrected chi connectivity index (χ4v) is 6.21. The van der Waals surface area contributed by atoms with E-state index in [0.29, 0.717) is 26.9 Å². The topological polar surface area (TPSA) is 109 Å². The molecule has 2 aliphatic rings. The number of carbonyl (C=O) groups is 2. The van der Waals surface area contributed by atoms with E-state index in [0.717, 1.165) is 48.6 Å². The summed E-state index contributed by atoms with van der Waals surface area (Å²) in [6.45, 7) is 3.71. The van der Waals surface area contributed by atoms with Gasteiger partial charge < -0.3 is 15.5 Å². The Morgan fingerprint density at radius 2 is 1.91 bits per heavy atom. The number of carbonyl (C=O) groups excluding carboxylic acids is 2. The molecule has 1 aliphatic carbocycles. The Labute approximate surface area is 194 Å². The van der Waals surface area contributed by atoms with Crippen LogP contribution < -0.4 is 16.2 Å². The molecule has 2 amide bonds. The van der Waals surface area contributed by atoms with Crippen molar-refractivity contribution in [2.45, 2.75) is 51.6 Å². The van der Waals surface area contributed by atoms with Gasteiger partial charge in [0, 0.05) is 14.1 Å². The first-order valence-electron chi connectivity index (χ1n) is 11.1. The van der Waals surface area contributed by atoms with Crippen LogP contribution in [0.4, 0.5) is 11.5 Å². The van der Waals surface area contributed by atoms with Crippen LogP contribution in [-0.4, -0.2) is 45.3 Å². The molecule has 2 N–H and O–H groups in total. The summed E-state index contributed by atoms with van der Waals surface area (Å²) in [6.07, 6.45) is 5.94. The second kappa shape index (κ2) is 7.65. The van der Waals surface area contributed by atoms with Crippen molar-refractivity contribution >= 4 is 44.9 Å². The number of fused-ring (bicyclic) bond motifs is 3. The van der Waals surface area contributed by atoms with Gasteiger partial charge in [-0.05, 0) is 56.7 Å². The van der Waals surface area contributed by atoms with Crippen LogP contribution in [0.15, 0.2) is 17.2 Å². The van der Waals surface area contributed by atoms with Gasteiger partial charge >= 0.3 is 0 Å². The second-order valence-corrected chi connectivity index (χ2v) is 10.1. The van der Waals surface area contributed by atoms with Gasteiger partial charge in [-0.25, -0.2) is 9.97 Å². The van der Waals surface area contributed by atoms with E-state index >= 15 is 0 Å². The number of nitrogens with one attached hydrogen (secondary N) is 2. The molecule has 0 aromatic carbocycles. The number of anilines is 2. The first-order chi connectivity index (χ1) is 15.7. The number of aromatic nitrogens is 3. The summed E-state index contributed by atoms with van der Waals surface area (Å²) in [5.41, 5.74) is 1.38. The molecule has 1 fully saturated rings. The third-order valence-electron chi connectivity index (χ3n) is 6.64. The number of rotatable bonds is 3. The van der Waals surface area contributed by atoms with E-state index in [1.165, 1.54) is 22.6 Å². The van der Waals surface area contributed by atoms with Gasteiger partial charge in [0.05, 0.1) is 10.3 Å². The first kappa shape index (κ1) is 21.6. The molecule has 0 unspecified atom stereocenters. The maximum Gasteiger partial charge on any atom is 0.276 e. The molecule has 10 heteroatoms. The van der Waals surface area contributed by atoms with Gasteiger partial charge in [-0.15, -0.1) is 11.3 Å². The molecular formula is C23H26N6O3S. The Morgan fingerprint density at radius 3 is 2.61 bits per heavy atom. The molecule has 5 rings (SSSR count). The van der Waals surface area contributed by atoms with Crippen LogP contribution in [0.2, 0.25) is 0 Å². The van der Waals surface area contributed by atoms with E-state index in [4.69, 9.17) is 0 Å². The van der Waals surface area contributed by atoms with Gasteiger partial charge in [0.15, 0.2) is 0 Å². The number of aryl methyl sites for hydroxylation is 2. The van der Waals surface area contributed by atoms with Crippen LogP contribution in [0.5, 0.6) is 0 Å². The summed E-state index contributed by atoms with van der Waals surface area (Å²) in [6, 6.07) is 1.71. The Kier molecular flexibility index (Phi) is 5.00. The lowest BCUT2D eigenvalue weighted by molar-refractivity contribution is 0.0830. The zero-order chi connectivity index (χ0) is 23.5. The number of thiophene rings is 1. The van der Waals surface area contributed by atoms with Crippen molar-refractivity contribution < 1.29 is 9.59 Å². The van der Waals surface area contributed by atoms with Crippen LogP contribution in [0.1, 0.15) is 63.4 Å². The summed E-state index contributed by atoms with van der Waals surface area (Å²) in [7, 11) is 3.42. The van der Waals surface area contributed by atoms with E-state index in [1.54, 1.807) is 24.7 Å². The molecule has 1 aliphatic heterocycles. The predicted molar refractivity (Wildman–Crippen MR) is 127 cm³/mol. The zero-order valence-corrected chi connectivity index (χ0v) is 19.9. The van der Waals surface area contributed by atoms with E-state index in [9.17, 15) is 14.4 Å². The lowest BCUT2D eigenvalue weighted by Crippen LogP contribution is -2.48. The standard InChI is InChI=1S/C23H26N6O3S/c1-12-10-14(21(31)29-16(12)19(30)27-23(29)8-6-5-7-9-23)26-18-15-13(2)17(22(32)28(3)4)33-20(15)25-11-24-18/h10-11H,5-9H2,1-4H3,(H,27,30)(H,24,25,26). The average molecular weight is 467 g/mol. The maximum atomic E-state index is 13.7. The van der Waals surface area contributed by atoms with Crippen LogP contribution in [-0.2, 0) is 5.66 Å². The fraction of sp³-hybridized carbons (Fsp3) is 0.435. The molecule has 4 heterocycles. The van der Waals surface area contributed by atoms with Crippen LogP contribution >= 0.6 is 11.3 Å². The van der Waals surface area contributed by atoms with Crippen molar-refractivity contribution in [3.8, 4) is 0 Å². The Balaban J connectivity index is 1.64. The quantitative estimate of drug-likeness (QED) is 0.613. The molecule has 1 spiro atoms. The summed E-state index contributed by atoms with van der Waals surface area (Å²) in [5.74, 6) is 0.181. The molecule has 9 nitrogen and oxygen atoms in total. The SMILES string of the molecule is Cc1cc(Nc2ncnc3sc(C(=O)N(C)C)c(C)c23)c(=O)n2c1C(=O)NC21CCCCC1. The summed E-state index contributed by atoms with van der Waals surface area (Å²) in [4.78, 5) is 50.6. The first-order valence-corrected chi connectivity index (χ1v) is 11.9. The summed E-state index contributed by atoms with van der Waals surface area (Å²) in [5, 5.41) is 7.03. The molecule has 33 heavy (non-hydrogen) atoms. The third-order valence-corrected chi connectivity index (χ3v) is 7.83. The summed E-state index contributed by atoms with van der Waals surface area (Å²) < 4.78 is 1.66. The molecule has 0 saturated heterocycles. The highest BCUT2D eigenvalue weighted by molar-refractivity contribution is 7.20. The normalized spacial score (nSPS) is 16.7. The minimum Gasteiger partial charge on any atom is -0.344 e. The zero-order valence-electron chi connectivity index (χ0n) is 19.1. The van der Waals surface area contributed by atoms with E-state index in [2.05, 4.69) is 20.6 Å². The van der Waals surface area contributed by atoms with Crippen molar-refractivity contribution in [2.24, 2.45) is 0 Å². The Bertz CT molecular complexity index is 1370. The van der Waals surface area contributed by atoms with Crippen LogP contribution in [0, 0.1) is 13.8 Å². The number of amides is 2. The van der Waals surface area contributed by atoms with Gasteiger partial charge in [0.2, 0.25) is 0 Å². The van der Waals surface area contributed by atoms with Gasteiger partial charge in [-0.2, -0.15) is 0 Å². The molecule has 0 bridgehead atoms. The molecule has 172 valence electrons. The van der Waals surface area contributed by atoms with Gasteiger partial charge in [0.25, 0.3) is 17.4 Å². The number of pyridine rings is 1. The molecular weight excluding hydrogens is 440 g/mol. The second-order valence-electron chi connectivity index (χ2n) is 9.06. The van der Waals surface area contributed by atoms with Crippen LogP contribution in [0.25, 0.3) is 10.2 Å². The average Bonchev–Trinajstić information content (AvgIpc) is 3.26. The number of hydrogen-bond donors (Lipinski definition) is 2. The van der Waals surface area contributed by atoms with Gasteiger partial charge in [-0.1, -0.05) is 6.42 Å². The number of nitrogens with zero attached hydrogens (tertiary/aromatic N) is 4. The van der Waals surface area contributed by atoms with Crippen LogP contribution in [0.3, 0.4) is 0 Å². The Hall–Kier alpha value is -3.27. The third kappa shape index (κ3) is 3.23. The van der Waals surface area contributed by atoms with E-state index in [1.807, 2.05) is 13.8 Å². The van der Waals surface area contributed by atoms with Gasteiger partial charge in [0.1, 0.15) is 34.0 Å². The smallest absolute Gasteiger partial charge is 0.276 e. The van der Waals surface area contributed by atoms with E-state index < -0.39 is 5.66 Å². The number of hydrogen-bond acceptors (Lipinski definition) is 7. The van der Waals surface area contributed by atoms with Crippen molar-refractivity contribution in [3.05, 3.63) is 44.4 Å². The minimum absolute atomic E-state index is 0.0984.